The van der Waals surface area contributed by atoms with Gasteiger partial charge in [0.25, 0.3) is 11.8 Å². The van der Waals surface area contributed by atoms with Crippen molar-refractivity contribution >= 4 is 39.8 Å². The summed E-state index contributed by atoms with van der Waals surface area (Å²) in [5.41, 5.74) is 2.06. The Bertz CT molecular complexity index is 938. The lowest BCUT2D eigenvalue weighted by atomic mass is 10.1. The Morgan fingerprint density at radius 2 is 1.83 bits per heavy atom. The number of amides is 2. The van der Waals surface area contributed by atoms with Gasteiger partial charge in [-0.25, -0.2) is 4.79 Å². The molecule has 7 heteroatoms. The molecule has 0 radical (unpaired) electrons. The van der Waals surface area contributed by atoms with Crippen LogP contribution < -0.4 is 10.6 Å². The van der Waals surface area contributed by atoms with Crippen LogP contribution in [0.5, 0.6) is 0 Å². The summed E-state index contributed by atoms with van der Waals surface area (Å²) in [6.45, 7) is 3.86. The number of halogens is 1. The van der Waals surface area contributed by atoms with Gasteiger partial charge in [0.1, 0.15) is 11.7 Å². The number of unbranched alkanes of at least 4 members (excludes halogenated alkanes) is 1. The second-order valence-electron chi connectivity index (χ2n) is 6.94. The third-order valence-corrected chi connectivity index (χ3v) is 4.91. The molecule has 0 aliphatic rings. The molecule has 2 amide bonds. The van der Waals surface area contributed by atoms with E-state index in [0.717, 1.165) is 16.5 Å². The molecule has 6 nitrogen and oxygen atoms in total. The zero-order valence-corrected chi connectivity index (χ0v) is 18.5. The van der Waals surface area contributed by atoms with Crippen LogP contribution in [0.25, 0.3) is 6.08 Å². The quantitative estimate of drug-likeness (QED) is 0.474. The number of carbonyl (C=O) groups excluding carboxylic acids is 2. The number of carboxylic acid groups (broad SMARTS) is 1. The highest BCUT2D eigenvalue weighted by Gasteiger charge is 2.22. The molecule has 0 aliphatic heterocycles. The molecule has 0 aliphatic carbocycles. The van der Waals surface area contributed by atoms with Crippen molar-refractivity contribution in [3.8, 4) is 0 Å². The second kappa shape index (κ2) is 11.3. The third-order valence-electron chi connectivity index (χ3n) is 4.42. The fourth-order valence-corrected chi connectivity index (χ4v) is 3.14. The van der Waals surface area contributed by atoms with Crippen LogP contribution >= 0.6 is 15.9 Å². The fraction of sp³-hybridized carbons (Fsp3) is 0.261. The molecule has 0 saturated carbocycles. The highest BCUT2D eigenvalue weighted by Crippen LogP contribution is 2.15. The van der Waals surface area contributed by atoms with E-state index in [1.54, 1.807) is 42.5 Å². The molecular weight excluding hydrogens is 448 g/mol. The maximum atomic E-state index is 12.9. The van der Waals surface area contributed by atoms with Crippen molar-refractivity contribution in [3.63, 3.8) is 0 Å². The largest absolute Gasteiger partial charge is 0.480 e. The van der Waals surface area contributed by atoms with Crippen LogP contribution in [0.15, 0.2) is 58.7 Å². The standard InChI is InChI=1S/C23H25BrN2O4/c1-3-4-8-19(23(29)30)25-22(28)20(14-16-6-5-7-18(24)13-16)26-21(27)17-11-9-15(2)10-12-17/h5-7,9-14,19H,3-4,8H2,1-2H3,(H,25,28)(H,26,27)(H,29,30)/b20-14+/t19-/m1/s1. The molecule has 0 spiro atoms. The van der Waals surface area contributed by atoms with E-state index in [9.17, 15) is 19.5 Å². The van der Waals surface area contributed by atoms with E-state index >= 15 is 0 Å². The molecule has 0 unspecified atom stereocenters. The predicted octanol–water partition coefficient (Wildman–Crippen LogP) is 4.29. The summed E-state index contributed by atoms with van der Waals surface area (Å²) in [5, 5.41) is 14.6. The van der Waals surface area contributed by atoms with Crippen LogP contribution in [0.4, 0.5) is 0 Å². The summed E-state index contributed by atoms with van der Waals surface area (Å²) in [7, 11) is 0. The van der Waals surface area contributed by atoms with Gasteiger partial charge >= 0.3 is 5.97 Å². The van der Waals surface area contributed by atoms with E-state index in [2.05, 4.69) is 26.6 Å². The van der Waals surface area contributed by atoms with Gasteiger partial charge in [0.2, 0.25) is 0 Å². The van der Waals surface area contributed by atoms with Gasteiger partial charge in [-0.15, -0.1) is 0 Å². The molecular formula is C23H25BrN2O4. The van der Waals surface area contributed by atoms with Gasteiger partial charge in [0, 0.05) is 10.0 Å². The van der Waals surface area contributed by atoms with E-state index < -0.39 is 23.8 Å². The van der Waals surface area contributed by atoms with Crippen molar-refractivity contribution in [2.24, 2.45) is 0 Å². The summed E-state index contributed by atoms with van der Waals surface area (Å²) in [5.74, 6) is -2.21. The van der Waals surface area contributed by atoms with E-state index in [4.69, 9.17) is 0 Å². The lowest BCUT2D eigenvalue weighted by Crippen LogP contribution is -2.44. The summed E-state index contributed by atoms with van der Waals surface area (Å²) in [6, 6.07) is 13.1. The Hall–Kier alpha value is -2.93. The Morgan fingerprint density at radius 1 is 1.13 bits per heavy atom. The zero-order chi connectivity index (χ0) is 22.1. The number of carboxylic acids is 1. The zero-order valence-electron chi connectivity index (χ0n) is 16.9. The van der Waals surface area contributed by atoms with Gasteiger partial charge in [0.15, 0.2) is 0 Å². The Morgan fingerprint density at radius 3 is 2.43 bits per heavy atom. The second-order valence-corrected chi connectivity index (χ2v) is 7.86. The summed E-state index contributed by atoms with van der Waals surface area (Å²) >= 11 is 3.38. The molecule has 2 rings (SSSR count). The van der Waals surface area contributed by atoms with Crippen molar-refractivity contribution < 1.29 is 19.5 Å². The first-order chi connectivity index (χ1) is 14.3. The molecule has 0 aromatic heterocycles. The number of benzene rings is 2. The number of aryl methyl sites for hydroxylation is 1. The van der Waals surface area contributed by atoms with E-state index in [-0.39, 0.29) is 5.70 Å². The Labute approximate surface area is 184 Å². The maximum absolute atomic E-state index is 12.9. The average Bonchev–Trinajstić information content (AvgIpc) is 2.70. The predicted molar refractivity (Wildman–Crippen MR) is 120 cm³/mol. The first-order valence-corrected chi connectivity index (χ1v) is 10.5. The first-order valence-electron chi connectivity index (χ1n) is 9.69. The van der Waals surface area contributed by atoms with Crippen LogP contribution in [0.2, 0.25) is 0 Å². The lowest BCUT2D eigenvalue weighted by molar-refractivity contribution is -0.141. The van der Waals surface area contributed by atoms with E-state index in [1.165, 1.54) is 6.08 Å². The summed E-state index contributed by atoms with van der Waals surface area (Å²) < 4.78 is 0.812. The van der Waals surface area contributed by atoms with Crippen molar-refractivity contribution in [2.45, 2.75) is 39.2 Å². The number of aliphatic carboxylic acids is 1. The van der Waals surface area contributed by atoms with Gasteiger partial charge in [-0.1, -0.05) is 65.5 Å². The van der Waals surface area contributed by atoms with Crippen molar-refractivity contribution in [1.29, 1.82) is 0 Å². The molecule has 0 saturated heterocycles. The van der Waals surface area contributed by atoms with Crippen LogP contribution in [-0.4, -0.2) is 28.9 Å². The molecule has 0 fully saturated rings. The van der Waals surface area contributed by atoms with Gasteiger partial charge in [-0.05, 0) is 49.2 Å². The first kappa shape index (κ1) is 23.3. The molecule has 0 bridgehead atoms. The van der Waals surface area contributed by atoms with Crippen LogP contribution in [0, 0.1) is 6.92 Å². The number of carbonyl (C=O) groups is 3. The monoisotopic (exact) mass is 472 g/mol. The number of hydrogen-bond acceptors (Lipinski definition) is 3. The van der Waals surface area contributed by atoms with Crippen LogP contribution in [-0.2, 0) is 9.59 Å². The lowest BCUT2D eigenvalue weighted by Gasteiger charge is -2.16. The van der Waals surface area contributed by atoms with Crippen LogP contribution in [0.1, 0.15) is 47.7 Å². The molecule has 3 N–H and O–H groups in total. The van der Waals surface area contributed by atoms with Gasteiger partial charge in [-0.2, -0.15) is 0 Å². The van der Waals surface area contributed by atoms with E-state index in [1.807, 2.05) is 19.9 Å². The normalized spacial score (nSPS) is 12.2. The summed E-state index contributed by atoms with van der Waals surface area (Å²) in [6.07, 6.45) is 3.31. The van der Waals surface area contributed by atoms with Gasteiger partial charge in [-0.3, -0.25) is 9.59 Å². The highest BCUT2D eigenvalue weighted by molar-refractivity contribution is 9.10. The minimum absolute atomic E-state index is 0.0265. The summed E-state index contributed by atoms with van der Waals surface area (Å²) in [4.78, 5) is 37.0. The minimum Gasteiger partial charge on any atom is -0.480 e. The molecule has 30 heavy (non-hydrogen) atoms. The van der Waals surface area contributed by atoms with Crippen molar-refractivity contribution in [1.82, 2.24) is 10.6 Å². The minimum atomic E-state index is -1.11. The van der Waals surface area contributed by atoms with Gasteiger partial charge < -0.3 is 15.7 Å². The molecule has 0 heterocycles. The average molecular weight is 473 g/mol. The Balaban J connectivity index is 2.30. The van der Waals surface area contributed by atoms with Crippen molar-refractivity contribution in [2.75, 3.05) is 0 Å². The topological polar surface area (TPSA) is 95.5 Å². The Kier molecular flexibility index (Phi) is 8.80. The smallest absolute Gasteiger partial charge is 0.326 e. The number of rotatable bonds is 9. The molecule has 2 aromatic rings. The number of hydrogen-bond donors (Lipinski definition) is 3. The highest BCUT2D eigenvalue weighted by atomic mass is 79.9. The van der Waals surface area contributed by atoms with Gasteiger partial charge in [0.05, 0.1) is 0 Å². The van der Waals surface area contributed by atoms with Crippen molar-refractivity contribution in [3.05, 3.63) is 75.4 Å². The number of nitrogens with one attached hydrogen (secondary N) is 2. The molecule has 2 aromatic carbocycles. The third kappa shape index (κ3) is 7.15. The van der Waals surface area contributed by atoms with E-state index in [0.29, 0.717) is 24.0 Å². The molecule has 1 atom stereocenters. The van der Waals surface area contributed by atoms with Crippen LogP contribution in [0.3, 0.4) is 0 Å². The SMILES string of the molecule is CCCC[C@@H](NC(=O)/C(=C\c1cccc(Br)c1)NC(=O)c1ccc(C)cc1)C(=O)O. The fourth-order valence-electron chi connectivity index (χ4n) is 2.72. The molecule has 158 valence electrons. The maximum Gasteiger partial charge on any atom is 0.326 e.